The lowest BCUT2D eigenvalue weighted by Gasteiger charge is -2.03. The first kappa shape index (κ1) is 13.2. The van der Waals surface area contributed by atoms with Gasteiger partial charge in [0.15, 0.2) is 5.78 Å². The molecule has 0 aliphatic heterocycles. The van der Waals surface area contributed by atoms with Gasteiger partial charge in [-0.15, -0.1) is 0 Å². The SMILES string of the molecule is CC(=O)COCCCCc1ccc(Cl)cc1. The molecule has 0 N–H and O–H groups in total. The lowest BCUT2D eigenvalue weighted by Crippen LogP contribution is -2.05. The number of benzene rings is 1. The van der Waals surface area contributed by atoms with Crippen molar-refractivity contribution in [3.8, 4) is 0 Å². The van der Waals surface area contributed by atoms with Crippen molar-refractivity contribution < 1.29 is 9.53 Å². The molecule has 2 nitrogen and oxygen atoms in total. The summed E-state index contributed by atoms with van der Waals surface area (Å²) in [6.07, 6.45) is 3.08. The molecule has 1 aromatic carbocycles. The Morgan fingerprint density at radius 2 is 1.94 bits per heavy atom. The normalized spacial score (nSPS) is 10.4. The molecular formula is C13H17ClO2. The van der Waals surface area contributed by atoms with E-state index in [4.69, 9.17) is 16.3 Å². The Labute approximate surface area is 102 Å². The summed E-state index contributed by atoms with van der Waals surface area (Å²) in [5.74, 6) is 0.0812. The molecule has 0 spiro atoms. The van der Waals surface area contributed by atoms with Crippen LogP contribution in [0.2, 0.25) is 5.02 Å². The van der Waals surface area contributed by atoms with E-state index in [0.29, 0.717) is 6.61 Å². The molecule has 0 aliphatic carbocycles. The van der Waals surface area contributed by atoms with E-state index in [-0.39, 0.29) is 12.4 Å². The summed E-state index contributed by atoms with van der Waals surface area (Å²) >= 11 is 5.79. The first-order valence-electron chi connectivity index (χ1n) is 5.50. The second kappa shape index (κ2) is 7.42. The van der Waals surface area contributed by atoms with Crippen molar-refractivity contribution in [1.82, 2.24) is 0 Å². The number of Topliss-reactive ketones (excluding diaryl/α,β-unsaturated/α-hetero) is 1. The Kier molecular flexibility index (Phi) is 6.12. The third-order valence-corrected chi connectivity index (χ3v) is 2.47. The predicted octanol–water partition coefficient (Wildman–Crippen LogP) is 3.27. The Morgan fingerprint density at radius 1 is 1.25 bits per heavy atom. The number of unbranched alkanes of at least 4 members (excludes halogenated alkanes) is 1. The molecule has 3 heteroatoms. The largest absolute Gasteiger partial charge is 0.374 e. The standard InChI is InChI=1S/C13H17ClO2/c1-11(15)10-16-9-3-2-4-12-5-7-13(14)8-6-12/h5-8H,2-4,9-10H2,1H3. The van der Waals surface area contributed by atoms with Crippen LogP contribution in [0.3, 0.4) is 0 Å². The predicted molar refractivity (Wildman–Crippen MR) is 65.9 cm³/mol. The average molecular weight is 241 g/mol. The van der Waals surface area contributed by atoms with Crippen LogP contribution in [-0.2, 0) is 16.0 Å². The molecule has 88 valence electrons. The van der Waals surface area contributed by atoms with E-state index in [1.165, 1.54) is 12.5 Å². The Bertz CT molecular complexity index is 319. The van der Waals surface area contributed by atoms with E-state index in [0.717, 1.165) is 24.3 Å². The molecule has 0 saturated heterocycles. The average Bonchev–Trinajstić information content (AvgIpc) is 2.25. The van der Waals surface area contributed by atoms with Crippen LogP contribution in [0.4, 0.5) is 0 Å². The van der Waals surface area contributed by atoms with Crippen molar-refractivity contribution in [2.45, 2.75) is 26.2 Å². The fraction of sp³-hybridized carbons (Fsp3) is 0.462. The molecule has 0 heterocycles. The van der Waals surface area contributed by atoms with Gasteiger partial charge in [0.1, 0.15) is 6.61 Å². The Morgan fingerprint density at radius 3 is 2.56 bits per heavy atom. The summed E-state index contributed by atoms with van der Waals surface area (Å²) in [5, 5.41) is 0.772. The molecule has 1 rings (SSSR count). The third-order valence-electron chi connectivity index (χ3n) is 2.22. The highest BCUT2D eigenvalue weighted by molar-refractivity contribution is 6.30. The third kappa shape index (κ3) is 5.89. The van der Waals surface area contributed by atoms with Crippen LogP contribution in [-0.4, -0.2) is 19.0 Å². The number of halogens is 1. The minimum atomic E-state index is 0.0812. The molecule has 0 radical (unpaired) electrons. The zero-order valence-corrected chi connectivity index (χ0v) is 10.3. The van der Waals surface area contributed by atoms with E-state index >= 15 is 0 Å². The molecule has 0 aliphatic rings. The van der Waals surface area contributed by atoms with Crippen molar-refractivity contribution in [3.05, 3.63) is 34.9 Å². The van der Waals surface area contributed by atoms with Gasteiger partial charge in [-0.25, -0.2) is 0 Å². The zero-order chi connectivity index (χ0) is 11.8. The fourth-order valence-corrected chi connectivity index (χ4v) is 1.53. The van der Waals surface area contributed by atoms with E-state index in [1.807, 2.05) is 24.3 Å². The molecule has 0 aromatic heterocycles. The lowest BCUT2D eigenvalue weighted by atomic mass is 10.1. The minimum Gasteiger partial charge on any atom is -0.374 e. The monoisotopic (exact) mass is 240 g/mol. The molecule has 0 atom stereocenters. The molecular weight excluding hydrogens is 224 g/mol. The minimum absolute atomic E-state index is 0.0812. The first-order chi connectivity index (χ1) is 7.68. The number of hydrogen-bond donors (Lipinski definition) is 0. The van der Waals surface area contributed by atoms with Crippen LogP contribution in [0, 0.1) is 0 Å². The fourth-order valence-electron chi connectivity index (χ4n) is 1.40. The summed E-state index contributed by atoms with van der Waals surface area (Å²) in [5.41, 5.74) is 1.29. The molecule has 0 unspecified atom stereocenters. The summed E-state index contributed by atoms with van der Waals surface area (Å²) in [6, 6.07) is 7.89. The van der Waals surface area contributed by atoms with Gasteiger partial charge in [-0.3, -0.25) is 4.79 Å². The highest BCUT2D eigenvalue weighted by Crippen LogP contribution is 2.11. The van der Waals surface area contributed by atoms with Crippen LogP contribution >= 0.6 is 11.6 Å². The maximum absolute atomic E-state index is 10.6. The van der Waals surface area contributed by atoms with Crippen LogP contribution in [0.5, 0.6) is 0 Å². The Hall–Kier alpha value is -0.860. The summed E-state index contributed by atoms with van der Waals surface area (Å²) in [6.45, 7) is 2.43. The van der Waals surface area contributed by atoms with Crippen LogP contribution < -0.4 is 0 Å². The second-order valence-corrected chi connectivity index (χ2v) is 4.27. The number of carbonyl (C=O) groups excluding carboxylic acids is 1. The van der Waals surface area contributed by atoms with Gasteiger partial charge in [0.25, 0.3) is 0 Å². The van der Waals surface area contributed by atoms with Crippen LogP contribution in [0.25, 0.3) is 0 Å². The van der Waals surface area contributed by atoms with Gasteiger partial charge in [-0.05, 0) is 43.9 Å². The number of rotatable bonds is 7. The smallest absolute Gasteiger partial charge is 0.155 e. The van der Waals surface area contributed by atoms with Gasteiger partial charge < -0.3 is 4.74 Å². The molecule has 0 bridgehead atoms. The molecule has 0 saturated carbocycles. The van der Waals surface area contributed by atoms with Crippen LogP contribution in [0.1, 0.15) is 25.3 Å². The van der Waals surface area contributed by atoms with E-state index in [2.05, 4.69) is 0 Å². The molecule has 16 heavy (non-hydrogen) atoms. The number of carbonyl (C=O) groups is 1. The van der Waals surface area contributed by atoms with Gasteiger partial charge in [-0.2, -0.15) is 0 Å². The van der Waals surface area contributed by atoms with Crippen LogP contribution in [0.15, 0.2) is 24.3 Å². The molecule has 0 amide bonds. The first-order valence-corrected chi connectivity index (χ1v) is 5.88. The van der Waals surface area contributed by atoms with Crippen molar-refractivity contribution >= 4 is 17.4 Å². The maximum Gasteiger partial charge on any atom is 0.155 e. The van der Waals surface area contributed by atoms with Crippen molar-refractivity contribution in [2.24, 2.45) is 0 Å². The molecule has 1 aromatic rings. The van der Waals surface area contributed by atoms with Crippen molar-refractivity contribution in [2.75, 3.05) is 13.2 Å². The number of hydrogen-bond acceptors (Lipinski definition) is 2. The summed E-state index contributed by atoms with van der Waals surface area (Å²) in [7, 11) is 0. The molecule has 0 fully saturated rings. The van der Waals surface area contributed by atoms with E-state index in [9.17, 15) is 4.79 Å². The quantitative estimate of drug-likeness (QED) is 0.684. The van der Waals surface area contributed by atoms with Gasteiger partial charge >= 0.3 is 0 Å². The van der Waals surface area contributed by atoms with Gasteiger partial charge in [-0.1, -0.05) is 23.7 Å². The van der Waals surface area contributed by atoms with Gasteiger partial charge in [0, 0.05) is 11.6 Å². The zero-order valence-electron chi connectivity index (χ0n) is 9.54. The number of ketones is 1. The lowest BCUT2D eigenvalue weighted by molar-refractivity contribution is -0.121. The summed E-state index contributed by atoms with van der Waals surface area (Å²) < 4.78 is 5.18. The van der Waals surface area contributed by atoms with E-state index < -0.39 is 0 Å². The number of ether oxygens (including phenoxy) is 1. The van der Waals surface area contributed by atoms with Crippen molar-refractivity contribution in [1.29, 1.82) is 0 Å². The van der Waals surface area contributed by atoms with Gasteiger partial charge in [0.2, 0.25) is 0 Å². The maximum atomic E-state index is 10.6. The topological polar surface area (TPSA) is 26.3 Å². The highest BCUT2D eigenvalue weighted by Gasteiger charge is 1.95. The van der Waals surface area contributed by atoms with Crippen molar-refractivity contribution in [3.63, 3.8) is 0 Å². The second-order valence-electron chi connectivity index (χ2n) is 3.84. The Balaban J connectivity index is 2.07. The van der Waals surface area contributed by atoms with E-state index in [1.54, 1.807) is 0 Å². The summed E-state index contributed by atoms with van der Waals surface area (Å²) in [4.78, 5) is 10.6. The number of aryl methyl sites for hydroxylation is 1. The van der Waals surface area contributed by atoms with Gasteiger partial charge in [0.05, 0.1) is 0 Å². The highest BCUT2D eigenvalue weighted by atomic mass is 35.5.